The Balaban J connectivity index is 3.45. The Kier molecular flexibility index (Phi) is 8.18. The molecule has 0 rings (SSSR count). The molecule has 78 valence electrons. The topological polar surface area (TPSA) is 0 Å². The highest BCUT2D eigenvalue weighted by molar-refractivity contribution is 4.98. The molecule has 0 aliphatic carbocycles. The summed E-state index contributed by atoms with van der Waals surface area (Å²) in [5.74, 6) is 0.748. The molecule has 0 spiro atoms. The molecular formula is C13H26. The summed E-state index contributed by atoms with van der Waals surface area (Å²) in [6, 6.07) is 0. The molecule has 0 fully saturated rings. The maximum Gasteiger partial charge on any atom is -0.0234 e. The van der Waals surface area contributed by atoms with Gasteiger partial charge in [-0.25, -0.2) is 0 Å². The van der Waals surface area contributed by atoms with Gasteiger partial charge in [-0.1, -0.05) is 58.6 Å². The van der Waals surface area contributed by atoms with Crippen LogP contribution in [0.4, 0.5) is 0 Å². The highest BCUT2D eigenvalue weighted by Gasteiger charge is 2.05. The van der Waals surface area contributed by atoms with E-state index < -0.39 is 0 Å². The molecule has 1 unspecified atom stereocenters. The molecule has 0 amide bonds. The van der Waals surface area contributed by atoms with Crippen LogP contribution < -0.4 is 0 Å². The molecule has 13 heavy (non-hydrogen) atoms. The van der Waals surface area contributed by atoms with Gasteiger partial charge in [0.2, 0.25) is 0 Å². The summed E-state index contributed by atoms with van der Waals surface area (Å²) < 4.78 is 0. The van der Waals surface area contributed by atoms with Crippen LogP contribution in [0.25, 0.3) is 0 Å². The van der Waals surface area contributed by atoms with Crippen LogP contribution >= 0.6 is 0 Å². The van der Waals surface area contributed by atoms with Crippen LogP contribution in [0.15, 0.2) is 12.2 Å². The molecule has 0 radical (unpaired) electrons. The number of hydrogen-bond donors (Lipinski definition) is 0. The third-order valence-electron chi connectivity index (χ3n) is 2.79. The highest BCUT2D eigenvalue weighted by atomic mass is 14.1. The van der Waals surface area contributed by atoms with Gasteiger partial charge in [-0.15, -0.1) is 0 Å². The zero-order valence-electron chi connectivity index (χ0n) is 9.73. The molecule has 0 N–H and O–H groups in total. The van der Waals surface area contributed by atoms with E-state index in [0.29, 0.717) is 0 Å². The summed E-state index contributed by atoms with van der Waals surface area (Å²) in [6.07, 6.45) is 9.28. The third-order valence-corrected chi connectivity index (χ3v) is 2.79. The highest BCUT2D eigenvalue weighted by Crippen LogP contribution is 2.20. The molecule has 0 saturated carbocycles. The number of hydrogen-bond acceptors (Lipinski definition) is 0. The van der Waals surface area contributed by atoms with Gasteiger partial charge in [0.05, 0.1) is 0 Å². The van der Waals surface area contributed by atoms with Crippen LogP contribution in [0.1, 0.15) is 65.7 Å². The van der Waals surface area contributed by atoms with Crippen molar-refractivity contribution in [3.05, 3.63) is 12.2 Å². The maximum absolute atomic E-state index is 4.17. The lowest BCUT2D eigenvalue weighted by Gasteiger charge is -2.13. The van der Waals surface area contributed by atoms with E-state index in [1.165, 1.54) is 50.5 Å². The first kappa shape index (κ1) is 12.7. The maximum atomic E-state index is 4.17. The summed E-state index contributed by atoms with van der Waals surface area (Å²) in [6.45, 7) is 11.0. The van der Waals surface area contributed by atoms with E-state index in [0.717, 1.165) is 5.92 Å². The number of rotatable bonds is 8. The lowest BCUT2D eigenvalue weighted by molar-refractivity contribution is 0.535. The quantitative estimate of drug-likeness (QED) is 0.368. The Hall–Kier alpha value is -0.260. The normalized spacial score (nSPS) is 12.8. The van der Waals surface area contributed by atoms with Crippen LogP contribution in [0.3, 0.4) is 0 Å². The fourth-order valence-electron chi connectivity index (χ4n) is 1.55. The molecule has 0 heterocycles. The molecule has 0 aromatic heterocycles. The van der Waals surface area contributed by atoms with E-state index >= 15 is 0 Å². The van der Waals surface area contributed by atoms with Gasteiger partial charge in [-0.05, 0) is 25.2 Å². The predicted octanol–water partition coefficient (Wildman–Crippen LogP) is 4.95. The van der Waals surface area contributed by atoms with Crippen molar-refractivity contribution in [1.29, 1.82) is 0 Å². The number of unbranched alkanes of at least 4 members (excludes halogenated alkanes) is 3. The monoisotopic (exact) mass is 182 g/mol. The van der Waals surface area contributed by atoms with Crippen LogP contribution in [-0.4, -0.2) is 0 Å². The first-order chi connectivity index (χ1) is 6.22. The molecular weight excluding hydrogens is 156 g/mol. The van der Waals surface area contributed by atoms with Crippen molar-refractivity contribution in [3.8, 4) is 0 Å². The van der Waals surface area contributed by atoms with Crippen molar-refractivity contribution < 1.29 is 0 Å². The molecule has 0 aliphatic rings. The molecule has 0 nitrogen and oxygen atoms in total. The summed E-state index contributed by atoms with van der Waals surface area (Å²) in [7, 11) is 0. The second-order valence-electron chi connectivity index (χ2n) is 4.16. The Morgan fingerprint density at radius 1 is 1.08 bits per heavy atom. The van der Waals surface area contributed by atoms with Crippen molar-refractivity contribution in [2.24, 2.45) is 5.92 Å². The summed E-state index contributed by atoms with van der Waals surface area (Å²) >= 11 is 0. The Labute approximate surface area is 84.4 Å². The van der Waals surface area contributed by atoms with E-state index in [-0.39, 0.29) is 0 Å². The lowest BCUT2D eigenvalue weighted by atomic mass is 9.93. The van der Waals surface area contributed by atoms with E-state index in [1.807, 2.05) is 0 Å². The van der Waals surface area contributed by atoms with Crippen LogP contribution in [0.5, 0.6) is 0 Å². The summed E-state index contributed by atoms with van der Waals surface area (Å²) in [5.41, 5.74) is 1.47. The second-order valence-corrected chi connectivity index (χ2v) is 4.16. The Bertz CT molecular complexity index is 124. The Morgan fingerprint density at radius 2 is 1.69 bits per heavy atom. The molecule has 0 saturated heterocycles. The Morgan fingerprint density at radius 3 is 2.23 bits per heavy atom. The van der Waals surface area contributed by atoms with Gasteiger partial charge in [0.25, 0.3) is 0 Å². The van der Waals surface area contributed by atoms with Gasteiger partial charge in [0, 0.05) is 0 Å². The largest absolute Gasteiger partial charge is 0.0996 e. The molecule has 0 aromatic rings. The first-order valence-electron chi connectivity index (χ1n) is 5.90. The van der Waals surface area contributed by atoms with Gasteiger partial charge in [-0.3, -0.25) is 0 Å². The van der Waals surface area contributed by atoms with E-state index in [4.69, 9.17) is 0 Å². The second kappa shape index (κ2) is 8.34. The molecule has 0 aromatic carbocycles. The minimum Gasteiger partial charge on any atom is -0.0996 e. The summed E-state index contributed by atoms with van der Waals surface area (Å²) in [5, 5.41) is 0. The van der Waals surface area contributed by atoms with Crippen molar-refractivity contribution in [2.45, 2.75) is 65.7 Å². The SMILES string of the molecule is C=C(CCCC)C(C)CCCCC. The fourth-order valence-corrected chi connectivity index (χ4v) is 1.55. The summed E-state index contributed by atoms with van der Waals surface area (Å²) in [4.78, 5) is 0. The zero-order valence-corrected chi connectivity index (χ0v) is 9.73. The first-order valence-corrected chi connectivity index (χ1v) is 5.90. The van der Waals surface area contributed by atoms with Gasteiger partial charge in [0.1, 0.15) is 0 Å². The smallest absolute Gasteiger partial charge is 0.0234 e. The van der Waals surface area contributed by atoms with E-state index in [2.05, 4.69) is 27.4 Å². The van der Waals surface area contributed by atoms with Gasteiger partial charge >= 0.3 is 0 Å². The fraction of sp³-hybridized carbons (Fsp3) is 0.846. The van der Waals surface area contributed by atoms with Crippen molar-refractivity contribution in [1.82, 2.24) is 0 Å². The standard InChI is InChI=1S/C13H26/c1-5-7-9-11-13(4)12(3)10-8-6-2/h13H,3,5-11H2,1-2,4H3. The number of allylic oxidation sites excluding steroid dienone is 1. The minimum absolute atomic E-state index is 0.748. The average Bonchev–Trinajstić information content (AvgIpc) is 2.14. The van der Waals surface area contributed by atoms with Crippen LogP contribution in [0.2, 0.25) is 0 Å². The van der Waals surface area contributed by atoms with Crippen LogP contribution in [-0.2, 0) is 0 Å². The van der Waals surface area contributed by atoms with E-state index in [1.54, 1.807) is 0 Å². The minimum atomic E-state index is 0.748. The van der Waals surface area contributed by atoms with Crippen molar-refractivity contribution in [3.63, 3.8) is 0 Å². The average molecular weight is 182 g/mol. The van der Waals surface area contributed by atoms with Gasteiger partial charge in [0.15, 0.2) is 0 Å². The van der Waals surface area contributed by atoms with E-state index in [9.17, 15) is 0 Å². The zero-order chi connectivity index (χ0) is 10.1. The van der Waals surface area contributed by atoms with Crippen LogP contribution in [0, 0.1) is 5.92 Å². The molecule has 0 bridgehead atoms. The predicted molar refractivity (Wildman–Crippen MR) is 62.0 cm³/mol. The lowest BCUT2D eigenvalue weighted by Crippen LogP contribution is -1.98. The third kappa shape index (κ3) is 6.86. The molecule has 1 atom stereocenters. The molecule has 0 aliphatic heterocycles. The molecule has 0 heteroatoms. The van der Waals surface area contributed by atoms with Gasteiger partial charge in [-0.2, -0.15) is 0 Å². The van der Waals surface area contributed by atoms with Gasteiger partial charge < -0.3 is 0 Å². The van der Waals surface area contributed by atoms with Crippen molar-refractivity contribution >= 4 is 0 Å². The van der Waals surface area contributed by atoms with Crippen molar-refractivity contribution in [2.75, 3.05) is 0 Å².